The van der Waals surface area contributed by atoms with Gasteiger partial charge < -0.3 is 36.3 Å². The van der Waals surface area contributed by atoms with E-state index >= 15 is 0 Å². The third-order valence-corrected chi connectivity index (χ3v) is 6.33. The number of ether oxygens (including phenoxy) is 2. The standard InChI is InChI=1S/C20H23N3O4.C11H16N2O2.C9H9NO3.BH2OP/c1-13(24)21-15-11-9-14(10-12-15)18(25)22-16-7-5-6-8-17(16)23-19(26)27-20(2,3)4;1-11(2,3)15-10(14)13-9-7-5-4-6-8(9)12;1-6(11)10-8-4-2-7(3-5-8)9(12)13;2-1-3/h5-12H,1-4H3,(H,21,24)(H,22,25)(H,23,26);4-7H,12H2,1-3H3,(H,13,14);2-5H,1H3,(H,10,11)(H,12,13);3H2. The minimum atomic E-state index is -0.977. The zero-order valence-electron chi connectivity index (χ0n) is 33.6. The Labute approximate surface area is 340 Å². The molecule has 18 heteroatoms. The van der Waals surface area contributed by atoms with E-state index in [0.29, 0.717) is 46.6 Å². The average Bonchev–Trinajstić information content (AvgIpc) is 3.09. The molecule has 1 unspecified atom stereocenters. The summed E-state index contributed by atoms with van der Waals surface area (Å²) in [7, 11) is 1.90. The fourth-order valence-electron chi connectivity index (χ4n) is 4.14. The first kappa shape index (κ1) is 49.4. The molecule has 4 aromatic carbocycles. The van der Waals surface area contributed by atoms with Gasteiger partial charge in [0.1, 0.15) is 11.2 Å². The Morgan fingerprint density at radius 3 is 1.28 bits per heavy atom. The van der Waals surface area contributed by atoms with Crippen molar-refractivity contribution in [3.63, 3.8) is 0 Å². The summed E-state index contributed by atoms with van der Waals surface area (Å²) >= 11 is 0. The van der Waals surface area contributed by atoms with E-state index < -0.39 is 29.4 Å². The van der Waals surface area contributed by atoms with Crippen LogP contribution in [0.3, 0.4) is 0 Å². The molecule has 0 fully saturated rings. The summed E-state index contributed by atoms with van der Waals surface area (Å²) in [4.78, 5) is 67.9. The van der Waals surface area contributed by atoms with Crippen LogP contribution in [0.4, 0.5) is 43.7 Å². The van der Waals surface area contributed by atoms with E-state index in [4.69, 9.17) is 25.0 Å². The summed E-state index contributed by atoms with van der Waals surface area (Å²) in [5.74, 6) is -1.69. The zero-order valence-corrected chi connectivity index (χ0v) is 34.7. The van der Waals surface area contributed by atoms with E-state index in [1.165, 1.54) is 26.0 Å². The molecule has 0 aliphatic heterocycles. The van der Waals surface area contributed by atoms with Gasteiger partial charge in [-0.2, -0.15) is 0 Å². The van der Waals surface area contributed by atoms with Crippen LogP contribution in [0.2, 0.25) is 0 Å². The van der Waals surface area contributed by atoms with Crippen molar-refractivity contribution in [2.75, 3.05) is 32.3 Å². The van der Waals surface area contributed by atoms with Crippen molar-refractivity contribution >= 4 is 86.0 Å². The number of aromatic carboxylic acids is 1. The topological polar surface area (TPSA) is 244 Å². The van der Waals surface area contributed by atoms with Gasteiger partial charge in [-0.1, -0.05) is 24.3 Å². The van der Waals surface area contributed by atoms with Gasteiger partial charge in [0.2, 0.25) is 11.8 Å². The molecule has 1 atom stereocenters. The molecule has 16 nitrogen and oxygen atoms in total. The van der Waals surface area contributed by atoms with Gasteiger partial charge in [-0.3, -0.25) is 25.0 Å². The van der Waals surface area contributed by atoms with Gasteiger partial charge >= 0.3 is 38.8 Å². The van der Waals surface area contributed by atoms with Crippen molar-refractivity contribution in [1.29, 1.82) is 0 Å². The van der Waals surface area contributed by atoms with E-state index in [2.05, 4.69) is 26.6 Å². The first-order chi connectivity index (χ1) is 27.0. The monoisotopic (exact) mass is 816 g/mol. The van der Waals surface area contributed by atoms with Crippen LogP contribution in [0.15, 0.2) is 97.1 Å². The van der Waals surface area contributed by atoms with Crippen LogP contribution in [0.5, 0.6) is 0 Å². The van der Waals surface area contributed by atoms with Crippen LogP contribution in [0.25, 0.3) is 0 Å². The number of para-hydroxylation sites is 4. The van der Waals surface area contributed by atoms with Gasteiger partial charge in [-0.05, 0) is 114 Å². The van der Waals surface area contributed by atoms with Crippen molar-refractivity contribution in [2.45, 2.75) is 66.6 Å². The molecule has 8 N–H and O–H groups in total. The number of hydrogen-bond acceptors (Lipinski definition) is 10. The molecule has 0 aliphatic rings. The molecular weight excluding hydrogens is 766 g/mol. The summed E-state index contributed by atoms with van der Waals surface area (Å²) in [6, 6.07) is 26.3. The first-order valence-electron chi connectivity index (χ1n) is 17.4. The molecule has 0 spiro atoms. The fourth-order valence-corrected chi connectivity index (χ4v) is 4.14. The number of hydrogen-bond donors (Lipinski definition) is 7. The summed E-state index contributed by atoms with van der Waals surface area (Å²) in [6.45, 7) is 14.2. The number of carbonyl (C=O) groups is 6. The summed E-state index contributed by atoms with van der Waals surface area (Å²) in [6.07, 6.45) is -1.11. The second kappa shape index (κ2) is 24.1. The number of nitrogen functional groups attached to an aromatic ring is 1. The SMILES string of the molecule is CC(=O)Nc1ccc(C(=O)Nc2ccccc2NC(=O)OC(C)(C)C)cc1.CC(=O)Nc1ccc(C(=O)O)cc1.CC(C)(C)OC(=O)Nc1ccccc1N.O=BP. The Balaban J connectivity index is 0.000000457. The number of carboxylic acids is 1. The van der Waals surface area contributed by atoms with Crippen LogP contribution in [-0.2, 0) is 23.8 Å². The van der Waals surface area contributed by atoms with Crippen molar-refractivity contribution in [1.82, 2.24) is 0 Å². The second-order valence-electron chi connectivity index (χ2n) is 13.8. The molecule has 4 aromatic rings. The van der Waals surface area contributed by atoms with E-state index in [-0.39, 0.29) is 23.3 Å². The van der Waals surface area contributed by atoms with E-state index in [0.717, 1.165) is 0 Å². The number of benzene rings is 4. The Hall–Kier alpha value is -6.61. The second-order valence-corrected chi connectivity index (χ2v) is 14.1. The Kier molecular flexibility index (Phi) is 20.6. The van der Waals surface area contributed by atoms with Crippen LogP contribution in [0, 0.1) is 0 Å². The summed E-state index contributed by atoms with van der Waals surface area (Å²) in [5, 5.41) is 21.7. The third-order valence-electron chi connectivity index (χ3n) is 6.33. The predicted octanol–water partition coefficient (Wildman–Crippen LogP) is 8.03. The molecule has 0 bridgehead atoms. The maximum absolute atomic E-state index is 12.5. The van der Waals surface area contributed by atoms with Gasteiger partial charge in [0.15, 0.2) is 0 Å². The predicted molar refractivity (Wildman–Crippen MR) is 230 cm³/mol. The number of anilines is 6. The van der Waals surface area contributed by atoms with Crippen LogP contribution >= 0.6 is 9.12 Å². The molecular formula is C40H50BN6O10P. The number of rotatable bonds is 7. The van der Waals surface area contributed by atoms with Gasteiger partial charge in [-0.15, -0.1) is 0 Å². The van der Waals surface area contributed by atoms with Gasteiger partial charge in [0.25, 0.3) is 5.91 Å². The number of nitrogens with two attached hydrogens (primary N) is 1. The first-order valence-corrected chi connectivity index (χ1v) is 18.1. The Morgan fingerprint density at radius 1 is 0.569 bits per heavy atom. The molecule has 58 heavy (non-hydrogen) atoms. The van der Waals surface area contributed by atoms with Gasteiger partial charge in [-0.25, -0.2) is 14.4 Å². The van der Waals surface area contributed by atoms with E-state index in [9.17, 15) is 28.8 Å². The molecule has 0 saturated heterocycles. The maximum atomic E-state index is 12.5. The Morgan fingerprint density at radius 2 is 0.914 bits per heavy atom. The summed E-state index contributed by atoms with van der Waals surface area (Å²) < 4.78 is 19.1. The minimum absolute atomic E-state index is 0.178. The molecule has 308 valence electrons. The quantitative estimate of drug-likeness (QED) is 0.0535. The number of nitrogens with one attached hydrogen (secondary N) is 5. The molecule has 5 amide bonds. The van der Waals surface area contributed by atoms with Crippen LogP contribution in [0.1, 0.15) is 76.1 Å². The van der Waals surface area contributed by atoms with Gasteiger partial charge in [0, 0.05) is 30.8 Å². The fraction of sp³-hybridized carbons (Fsp3) is 0.250. The molecule has 0 aromatic heterocycles. The van der Waals surface area contributed by atoms with Crippen molar-refractivity contribution < 1.29 is 48.1 Å². The number of carbonyl (C=O) groups excluding carboxylic acids is 5. The van der Waals surface area contributed by atoms with Crippen LogP contribution in [-0.4, -0.2) is 59.1 Å². The molecule has 0 radical (unpaired) electrons. The average molecular weight is 817 g/mol. The van der Waals surface area contributed by atoms with Crippen LogP contribution < -0.4 is 32.3 Å². The number of amides is 5. The Bertz CT molecular complexity index is 2020. The normalized spacial score (nSPS) is 10.0. The van der Waals surface area contributed by atoms with Gasteiger partial charge in [0.05, 0.1) is 28.3 Å². The van der Waals surface area contributed by atoms with Crippen molar-refractivity contribution in [3.8, 4) is 0 Å². The van der Waals surface area contributed by atoms with E-state index in [1.807, 2.05) is 9.12 Å². The zero-order chi connectivity index (χ0) is 44.1. The molecule has 4 rings (SSSR count). The molecule has 0 aliphatic carbocycles. The van der Waals surface area contributed by atoms with Crippen molar-refractivity contribution in [2.24, 2.45) is 0 Å². The summed E-state index contributed by atoms with van der Waals surface area (Å²) in [5.41, 5.74) is 8.29. The van der Waals surface area contributed by atoms with E-state index in [1.54, 1.807) is 126 Å². The number of carboxylic acid groups (broad SMARTS) is 1. The molecule has 0 heterocycles. The third kappa shape index (κ3) is 21.5. The van der Waals surface area contributed by atoms with Crippen molar-refractivity contribution in [3.05, 3.63) is 108 Å². The molecule has 0 saturated carbocycles.